The van der Waals surface area contributed by atoms with Crippen LogP contribution in [0.2, 0.25) is 0 Å². The number of hydrogen-bond acceptors (Lipinski definition) is 5. The first-order valence-electron chi connectivity index (χ1n) is 8.50. The lowest BCUT2D eigenvalue weighted by atomic mass is 9.89. The minimum absolute atomic E-state index is 0.107. The van der Waals surface area contributed by atoms with Gasteiger partial charge in [-0.3, -0.25) is 14.8 Å². The number of piperidine rings is 1. The SMILES string of the molecule is CCc1n[nH]c(CN2CCC(C(=O)c3ccc(OC)cc3)CC2)n1. The number of nitrogens with one attached hydrogen (secondary N) is 1. The van der Waals surface area contributed by atoms with E-state index in [1.54, 1.807) is 7.11 Å². The summed E-state index contributed by atoms with van der Waals surface area (Å²) in [6.07, 6.45) is 2.62. The second-order valence-electron chi connectivity index (χ2n) is 6.20. The lowest BCUT2D eigenvalue weighted by Crippen LogP contribution is -2.36. The van der Waals surface area contributed by atoms with Crippen molar-refractivity contribution in [2.24, 2.45) is 5.92 Å². The predicted molar refractivity (Wildman–Crippen MR) is 91.1 cm³/mol. The Bertz CT molecular complexity index is 673. The quantitative estimate of drug-likeness (QED) is 0.825. The van der Waals surface area contributed by atoms with Crippen LogP contribution in [-0.4, -0.2) is 46.1 Å². The molecule has 0 bridgehead atoms. The van der Waals surface area contributed by atoms with Crippen LogP contribution in [-0.2, 0) is 13.0 Å². The maximum Gasteiger partial charge on any atom is 0.166 e. The number of benzene rings is 1. The highest BCUT2D eigenvalue weighted by atomic mass is 16.5. The van der Waals surface area contributed by atoms with Crippen molar-refractivity contribution in [3.05, 3.63) is 41.5 Å². The van der Waals surface area contributed by atoms with Crippen LogP contribution in [0.15, 0.2) is 24.3 Å². The molecule has 0 radical (unpaired) electrons. The van der Waals surface area contributed by atoms with Gasteiger partial charge < -0.3 is 4.74 Å². The highest BCUT2D eigenvalue weighted by molar-refractivity contribution is 5.98. The molecule has 2 heterocycles. The Balaban J connectivity index is 1.53. The highest BCUT2D eigenvalue weighted by Crippen LogP contribution is 2.23. The van der Waals surface area contributed by atoms with Crippen LogP contribution in [0.5, 0.6) is 5.75 Å². The smallest absolute Gasteiger partial charge is 0.166 e. The molecule has 0 unspecified atom stereocenters. The first-order valence-corrected chi connectivity index (χ1v) is 8.50. The number of rotatable bonds is 6. The summed E-state index contributed by atoms with van der Waals surface area (Å²) in [5.41, 5.74) is 0.775. The van der Waals surface area contributed by atoms with E-state index >= 15 is 0 Å². The fraction of sp³-hybridized carbons (Fsp3) is 0.500. The minimum atomic E-state index is 0.107. The zero-order valence-electron chi connectivity index (χ0n) is 14.3. The number of ketones is 1. The Morgan fingerprint density at radius 1 is 1.29 bits per heavy atom. The molecular formula is C18H24N4O2. The Morgan fingerprint density at radius 3 is 2.58 bits per heavy atom. The van der Waals surface area contributed by atoms with E-state index in [-0.39, 0.29) is 11.7 Å². The van der Waals surface area contributed by atoms with E-state index in [0.717, 1.165) is 61.9 Å². The molecule has 6 heteroatoms. The van der Waals surface area contributed by atoms with Gasteiger partial charge in [0.15, 0.2) is 5.78 Å². The number of aromatic amines is 1. The van der Waals surface area contributed by atoms with Gasteiger partial charge in [-0.15, -0.1) is 0 Å². The number of ether oxygens (including phenoxy) is 1. The number of carbonyl (C=O) groups is 1. The van der Waals surface area contributed by atoms with Gasteiger partial charge >= 0.3 is 0 Å². The lowest BCUT2D eigenvalue weighted by molar-refractivity contribution is 0.0833. The molecule has 1 N–H and O–H groups in total. The molecule has 0 amide bonds. The van der Waals surface area contributed by atoms with Gasteiger partial charge in [-0.2, -0.15) is 5.10 Å². The van der Waals surface area contributed by atoms with Gasteiger partial charge in [0.2, 0.25) is 0 Å². The van der Waals surface area contributed by atoms with E-state index in [2.05, 4.69) is 20.1 Å². The molecule has 1 aliphatic rings. The van der Waals surface area contributed by atoms with E-state index in [1.807, 2.05) is 31.2 Å². The van der Waals surface area contributed by atoms with Crippen LogP contribution >= 0.6 is 0 Å². The third-order valence-electron chi connectivity index (χ3n) is 4.60. The number of H-pyrrole nitrogens is 1. The van der Waals surface area contributed by atoms with Gasteiger partial charge in [0, 0.05) is 17.9 Å². The zero-order valence-corrected chi connectivity index (χ0v) is 14.3. The molecule has 6 nitrogen and oxygen atoms in total. The second kappa shape index (κ2) is 7.57. The van der Waals surface area contributed by atoms with E-state index in [1.165, 1.54) is 0 Å². The summed E-state index contributed by atoms with van der Waals surface area (Å²) in [5.74, 6) is 2.89. The summed E-state index contributed by atoms with van der Waals surface area (Å²) < 4.78 is 5.14. The summed E-state index contributed by atoms with van der Waals surface area (Å²) in [6.45, 7) is 4.64. The Morgan fingerprint density at radius 2 is 2.00 bits per heavy atom. The van der Waals surface area contributed by atoms with Crippen molar-refractivity contribution in [3.63, 3.8) is 0 Å². The van der Waals surface area contributed by atoms with E-state index in [4.69, 9.17) is 4.74 Å². The summed E-state index contributed by atoms with van der Waals surface area (Å²) >= 11 is 0. The number of carbonyl (C=O) groups excluding carboxylic acids is 1. The number of hydrogen-bond donors (Lipinski definition) is 1. The van der Waals surface area contributed by atoms with Gasteiger partial charge in [-0.05, 0) is 50.2 Å². The van der Waals surface area contributed by atoms with Crippen molar-refractivity contribution in [2.75, 3.05) is 20.2 Å². The van der Waals surface area contributed by atoms with E-state index < -0.39 is 0 Å². The van der Waals surface area contributed by atoms with Crippen molar-refractivity contribution in [1.29, 1.82) is 0 Å². The summed E-state index contributed by atoms with van der Waals surface area (Å²) in [4.78, 5) is 19.4. The van der Waals surface area contributed by atoms with Gasteiger partial charge in [-0.25, -0.2) is 4.98 Å². The molecule has 3 rings (SSSR count). The molecule has 24 heavy (non-hydrogen) atoms. The van der Waals surface area contributed by atoms with Crippen LogP contribution < -0.4 is 4.74 Å². The molecule has 128 valence electrons. The standard InChI is InChI=1S/C18H24N4O2/c1-3-16-19-17(21-20-16)12-22-10-8-14(9-11-22)18(23)13-4-6-15(24-2)7-5-13/h4-7,14H,3,8-12H2,1-2H3,(H,19,20,21). The molecule has 1 aromatic heterocycles. The average molecular weight is 328 g/mol. The van der Waals surface area contributed by atoms with E-state index in [9.17, 15) is 4.79 Å². The minimum Gasteiger partial charge on any atom is -0.497 e. The van der Waals surface area contributed by atoms with Gasteiger partial charge in [0.25, 0.3) is 0 Å². The summed E-state index contributed by atoms with van der Waals surface area (Å²) in [5, 5.41) is 7.16. The number of nitrogens with zero attached hydrogens (tertiary/aromatic N) is 3. The lowest BCUT2D eigenvalue weighted by Gasteiger charge is -2.30. The predicted octanol–water partition coefficient (Wildman–Crippen LogP) is 2.47. The van der Waals surface area contributed by atoms with Crippen molar-refractivity contribution in [1.82, 2.24) is 20.1 Å². The Labute approximate surface area is 142 Å². The number of Topliss-reactive ketones (excluding diaryl/α,β-unsaturated/α-hetero) is 1. The molecule has 1 saturated heterocycles. The van der Waals surface area contributed by atoms with Crippen molar-refractivity contribution >= 4 is 5.78 Å². The van der Waals surface area contributed by atoms with Gasteiger partial charge in [0.1, 0.15) is 17.4 Å². The molecule has 1 aromatic carbocycles. The number of methoxy groups -OCH3 is 1. The largest absolute Gasteiger partial charge is 0.497 e. The first kappa shape index (κ1) is 16.6. The molecule has 0 spiro atoms. The number of aryl methyl sites for hydroxylation is 1. The van der Waals surface area contributed by atoms with Gasteiger partial charge in [0.05, 0.1) is 13.7 Å². The molecule has 0 saturated carbocycles. The highest BCUT2D eigenvalue weighted by Gasteiger charge is 2.26. The fourth-order valence-corrected chi connectivity index (χ4v) is 3.12. The topological polar surface area (TPSA) is 71.1 Å². The van der Waals surface area contributed by atoms with Crippen molar-refractivity contribution in [2.45, 2.75) is 32.7 Å². The summed E-state index contributed by atoms with van der Waals surface area (Å²) in [6, 6.07) is 7.40. The molecule has 1 fully saturated rings. The number of likely N-dealkylation sites (tertiary alicyclic amines) is 1. The van der Waals surface area contributed by atoms with Crippen molar-refractivity contribution in [3.8, 4) is 5.75 Å². The fourth-order valence-electron chi connectivity index (χ4n) is 3.12. The normalized spacial score (nSPS) is 16.2. The molecular weight excluding hydrogens is 304 g/mol. The monoisotopic (exact) mass is 328 g/mol. The second-order valence-corrected chi connectivity index (χ2v) is 6.20. The average Bonchev–Trinajstić information content (AvgIpc) is 3.09. The molecule has 0 atom stereocenters. The van der Waals surface area contributed by atoms with Crippen LogP contribution in [0.1, 0.15) is 41.8 Å². The zero-order chi connectivity index (χ0) is 16.9. The van der Waals surface area contributed by atoms with Crippen molar-refractivity contribution < 1.29 is 9.53 Å². The van der Waals surface area contributed by atoms with Crippen LogP contribution in [0.3, 0.4) is 0 Å². The third-order valence-corrected chi connectivity index (χ3v) is 4.60. The molecule has 0 aliphatic carbocycles. The van der Waals surface area contributed by atoms with E-state index in [0.29, 0.717) is 0 Å². The Kier molecular flexibility index (Phi) is 5.25. The van der Waals surface area contributed by atoms with Gasteiger partial charge in [-0.1, -0.05) is 6.92 Å². The van der Waals surface area contributed by atoms with Crippen LogP contribution in [0, 0.1) is 5.92 Å². The van der Waals surface area contributed by atoms with Crippen LogP contribution in [0.25, 0.3) is 0 Å². The summed E-state index contributed by atoms with van der Waals surface area (Å²) in [7, 11) is 1.63. The Hall–Kier alpha value is -2.21. The third kappa shape index (κ3) is 3.82. The maximum atomic E-state index is 12.6. The molecule has 2 aromatic rings. The maximum absolute atomic E-state index is 12.6. The molecule has 1 aliphatic heterocycles. The number of aromatic nitrogens is 3. The first-order chi connectivity index (χ1) is 11.7. The van der Waals surface area contributed by atoms with Crippen LogP contribution in [0.4, 0.5) is 0 Å².